The van der Waals surface area contributed by atoms with Gasteiger partial charge in [-0.05, 0) is 24.8 Å². The molecule has 3 N–H and O–H groups in total. The van der Waals surface area contributed by atoms with E-state index in [-0.39, 0.29) is 5.41 Å². The molecule has 0 amide bonds. The maximum absolute atomic E-state index is 5.89. The summed E-state index contributed by atoms with van der Waals surface area (Å²) in [4.78, 5) is 0. The number of H-pyrrole nitrogens is 1. The third kappa shape index (κ3) is 3.27. The molecule has 15 heavy (non-hydrogen) atoms. The Morgan fingerprint density at radius 2 is 2.20 bits per heavy atom. The molecule has 1 rings (SSSR count). The van der Waals surface area contributed by atoms with E-state index in [0.717, 1.165) is 25.1 Å². The smallest absolute Gasteiger partial charge is 0.175 e. The van der Waals surface area contributed by atoms with Crippen LogP contribution in [0.3, 0.4) is 0 Å². The Hall–Kier alpha value is -0.970. The SMILES string of the molecule is CCCCC(CC)(CN)Cc1nn[nH]n1. The van der Waals surface area contributed by atoms with Crippen molar-refractivity contribution in [2.75, 3.05) is 6.54 Å². The first-order valence-electron chi connectivity index (χ1n) is 5.68. The molecular formula is C10H21N5. The second-order valence-corrected chi connectivity index (χ2v) is 4.17. The first-order chi connectivity index (χ1) is 7.26. The lowest BCUT2D eigenvalue weighted by Crippen LogP contribution is -2.32. The molecule has 0 aliphatic rings. The van der Waals surface area contributed by atoms with E-state index in [1.54, 1.807) is 0 Å². The van der Waals surface area contributed by atoms with Gasteiger partial charge < -0.3 is 5.73 Å². The highest BCUT2D eigenvalue weighted by Crippen LogP contribution is 2.30. The summed E-state index contributed by atoms with van der Waals surface area (Å²) < 4.78 is 0. The summed E-state index contributed by atoms with van der Waals surface area (Å²) in [5, 5.41) is 14.1. The van der Waals surface area contributed by atoms with Crippen LogP contribution in [-0.4, -0.2) is 27.2 Å². The third-order valence-corrected chi connectivity index (χ3v) is 3.17. The van der Waals surface area contributed by atoms with Gasteiger partial charge in [-0.3, -0.25) is 0 Å². The zero-order valence-electron chi connectivity index (χ0n) is 9.66. The normalized spacial score (nSPS) is 15.1. The number of hydrogen-bond donors (Lipinski definition) is 2. The second kappa shape index (κ2) is 5.80. The van der Waals surface area contributed by atoms with Crippen LogP contribution in [0.2, 0.25) is 0 Å². The molecule has 1 aromatic rings. The van der Waals surface area contributed by atoms with Crippen molar-refractivity contribution in [3.05, 3.63) is 5.82 Å². The number of nitrogens with one attached hydrogen (secondary N) is 1. The van der Waals surface area contributed by atoms with Crippen LogP contribution in [0.4, 0.5) is 0 Å². The first-order valence-corrected chi connectivity index (χ1v) is 5.68. The molecule has 0 aromatic carbocycles. The lowest BCUT2D eigenvalue weighted by Gasteiger charge is -2.30. The van der Waals surface area contributed by atoms with E-state index in [1.165, 1.54) is 12.8 Å². The number of hydrogen-bond acceptors (Lipinski definition) is 4. The van der Waals surface area contributed by atoms with Crippen LogP contribution in [0.5, 0.6) is 0 Å². The van der Waals surface area contributed by atoms with Crippen LogP contribution >= 0.6 is 0 Å². The van der Waals surface area contributed by atoms with Gasteiger partial charge in [-0.25, -0.2) is 0 Å². The molecule has 1 atom stereocenters. The fourth-order valence-electron chi connectivity index (χ4n) is 1.85. The Bertz CT molecular complexity index is 253. The monoisotopic (exact) mass is 211 g/mol. The average Bonchev–Trinajstić information content (AvgIpc) is 2.77. The number of tetrazole rings is 1. The summed E-state index contributed by atoms with van der Waals surface area (Å²) in [5.74, 6) is 0.776. The maximum atomic E-state index is 5.89. The van der Waals surface area contributed by atoms with Gasteiger partial charge in [0, 0.05) is 6.42 Å². The highest BCUT2D eigenvalue weighted by atomic mass is 15.5. The van der Waals surface area contributed by atoms with Gasteiger partial charge in [0.2, 0.25) is 0 Å². The Morgan fingerprint density at radius 3 is 2.67 bits per heavy atom. The van der Waals surface area contributed by atoms with Crippen LogP contribution in [0.15, 0.2) is 0 Å². The molecule has 0 spiro atoms. The first kappa shape index (κ1) is 12.1. The lowest BCUT2D eigenvalue weighted by atomic mass is 9.77. The Labute approximate surface area is 90.8 Å². The quantitative estimate of drug-likeness (QED) is 0.712. The molecule has 1 unspecified atom stereocenters. The number of unbranched alkanes of at least 4 members (excludes halogenated alkanes) is 1. The van der Waals surface area contributed by atoms with E-state index in [4.69, 9.17) is 5.73 Å². The van der Waals surface area contributed by atoms with Crippen LogP contribution in [0.1, 0.15) is 45.4 Å². The minimum atomic E-state index is 0.153. The molecule has 5 heteroatoms. The van der Waals surface area contributed by atoms with Crippen molar-refractivity contribution < 1.29 is 0 Å². The second-order valence-electron chi connectivity index (χ2n) is 4.17. The fraction of sp³-hybridized carbons (Fsp3) is 0.900. The van der Waals surface area contributed by atoms with E-state index in [1.807, 2.05) is 0 Å². The van der Waals surface area contributed by atoms with Gasteiger partial charge in [-0.1, -0.05) is 31.9 Å². The summed E-state index contributed by atoms with van der Waals surface area (Å²) in [7, 11) is 0. The Balaban J connectivity index is 2.63. The standard InChI is InChI=1S/C10H21N5/c1-3-5-6-10(4-2,8-11)7-9-12-14-15-13-9/h3-8,11H2,1-2H3,(H,12,13,14,15). The molecule has 0 saturated heterocycles. The van der Waals surface area contributed by atoms with Crippen LogP contribution < -0.4 is 5.73 Å². The highest BCUT2D eigenvalue weighted by molar-refractivity contribution is 4.90. The molecule has 0 radical (unpaired) electrons. The lowest BCUT2D eigenvalue weighted by molar-refractivity contribution is 0.246. The average molecular weight is 211 g/mol. The molecule has 5 nitrogen and oxygen atoms in total. The van der Waals surface area contributed by atoms with E-state index >= 15 is 0 Å². The maximum Gasteiger partial charge on any atom is 0.175 e. The predicted octanol–water partition coefficient (Wildman–Crippen LogP) is 1.29. The van der Waals surface area contributed by atoms with Gasteiger partial charge in [0.15, 0.2) is 5.82 Å². The summed E-state index contributed by atoms with van der Waals surface area (Å²) in [5.41, 5.74) is 6.04. The van der Waals surface area contributed by atoms with Crippen molar-refractivity contribution in [1.29, 1.82) is 0 Å². The number of nitrogens with two attached hydrogens (primary N) is 1. The fourth-order valence-corrected chi connectivity index (χ4v) is 1.85. The summed E-state index contributed by atoms with van der Waals surface area (Å²) >= 11 is 0. The summed E-state index contributed by atoms with van der Waals surface area (Å²) in [6.45, 7) is 5.08. The van der Waals surface area contributed by atoms with Crippen LogP contribution in [-0.2, 0) is 6.42 Å². The van der Waals surface area contributed by atoms with Crippen molar-refractivity contribution in [2.24, 2.45) is 11.1 Å². The van der Waals surface area contributed by atoms with Crippen molar-refractivity contribution in [1.82, 2.24) is 20.6 Å². The van der Waals surface area contributed by atoms with E-state index < -0.39 is 0 Å². The molecule has 0 bridgehead atoms. The summed E-state index contributed by atoms with van der Waals surface area (Å²) in [6, 6.07) is 0. The molecule has 1 aromatic heterocycles. The van der Waals surface area contributed by atoms with E-state index in [2.05, 4.69) is 34.5 Å². The zero-order chi connectivity index (χ0) is 11.1. The van der Waals surface area contributed by atoms with Crippen molar-refractivity contribution in [2.45, 2.75) is 46.0 Å². The molecule has 0 aliphatic carbocycles. The van der Waals surface area contributed by atoms with E-state index in [0.29, 0.717) is 6.54 Å². The van der Waals surface area contributed by atoms with Crippen molar-refractivity contribution >= 4 is 0 Å². The van der Waals surface area contributed by atoms with Crippen LogP contribution in [0.25, 0.3) is 0 Å². The molecule has 86 valence electrons. The van der Waals surface area contributed by atoms with Gasteiger partial charge in [0.05, 0.1) is 0 Å². The molecule has 1 heterocycles. The Kier molecular flexibility index (Phi) is 4.68. The molecular weight excluding hydrogens is 190 g/mol. The van der Waals surface area contributed by atoms with Crippen LogP contribution in [0, 0.1) is 5.41 Å². The van der Waals surface area contributed by atoms with Crippen molar-refractivity contribution in [3.63, 3.8) is 0 Å². The Morgan fingerprint density at radius 1 is 1.40 bits per heavy atom. The highest BCUT2D eigenvalue weighted by Gasteiger charge is 2.27. The third-order valence-electron chi connectivity index (χ3n) is 3.17. The zero-order valence-corrected chi connectivity index (χ0v) is 9.66. The number of nitrogens with zero attached hydrogens (tertiary/aromatic N) is 3. The molecule has 0 fully saturated rings. The minimum Gasteiger partial charge on any atom is -0.330 e. The van der Waals surface area contributed by atoms with Gasteiger partial charge in [-0.2, -0.15) is 5.21 Å². The van der Waals surface area contributed by atoms with Gasteiger partial charge in [0.1, 0.15) is 0 Å². The van der Waals surface area contributed by atoms with Gasteiger partial charge in [-0.15, -0.1) is 10.2 Å². The van der Waals surface area contributed by atoms with Crippen molar-refractivity contribution in [3.8, 4) is 0 Å². The topological polar surface area (TPSA) is 80.5 Å². The summed E-state index contributed by atoms with van der Waals surface area (Å²) in [6.07, 6.45) is 5.45. The van der Waals surface area contributed by atoms with Gasteiger partial charge in [0.25, 0.3) is 0 Å². The molecule has 0 saturated carbocycles. The van der Waals surface area contributed by atoms with Gasteiger partial charge >= 0.3 is 0 Å². The minimum absolute atomic E-state index is 0.153. The largest absolute Gasteiger partial charge is 0.330 e. The number of rotatable bonds is 7. The number of aromatic nitrogens is 4. The van der Waals surface area contributed by atoms with E-state index in [9.17, 15) is 0 Å². The number of aromatic amines is 1. The predicted molar refractivity (Wildman–Crippen MR) is 59.2 cm³/mol. The molecule has 0 aliphatic heterocycles.